The molecule has 5 nitrogen and oxygen atoms in total. The van der Waals surface area contributed by atoms with Gasteiger partial charge >= 0.3 is 12.0 Å². The summed E-state index contributed by atoms with van der Waals surface area (Å²) in [4.78, 5) is 21.9. The highest BCUT2D eigenvalue weighted by atomic mass is 16.4. The Morgan fingerprint density at radius 3 is 2.20 bits per heavy atom. The third-order valence-electron chi connectivity index (χ3n) is 1.79. The molecule has 0 radical (unpaired) electrons. The number of hydrogen-bond donors (Lipinski definition) is 3. The van der Waals surface area contributed by atoms with E-state index in [-0.39, 0.29) is 5.41 Å². The highest BCUT2D eigenvalue weighted by Gasteiger charge is 2.18. The molecule has 5 heteroatoms. The van der Waals surface area contributed by atoms with Crippen LogP contribution in [0.2, 0.25) is 0 Å². The Labute approximate surface area is 90.2 Å². The molecule has 0 aromatic heterocycles. The standard InChI is InChI=1S/C10H20N2O3/c1-5-7(8(13)14)12-9(15)11-6-10(2,3)4/h7H,5-6H2,1-4H3,(H,13,14)(H2,11,12,15)/t7-/m0/s1. The van der Waals surface area contributed by atoms with Gasteiger partial charge in [0, 0.05) is 6.54 Å². The highest BCUT2D eigenvalue weighted by molar-refractivity contribution is 5.82. The van der Waals surface area contributed by atoms with Crippen LogP contribution in [0.4, 0.5) is 4.79 Å². The maximum absolute atomic E-state index is 11.3. The predicted molar refractivity (Wildman–Crippen MR) is 57.7 cm³/mol. The summed E-state index contributed by atoms with van der Waals surface area (Å²) in [7, 11) is 0. The van der Waals surface area contributed by atoms with E-state index in [9.17, 15) is 9.59 Å². The first-order chi connectivity index (χ1) is 6.76. The molecule has 0 rings (SSSR count). The van der Waals surface area contributed by atoms with Crippen LogP contribution in [0, 0.1) is 5.41 Å². The summed E-state index contributed by atoms with van der Waals surface area (Å²) in [6.07, 6.45) is 0.373. The number of rotatable bonds is 4. The predicted octanol–water partition coefficient (Wildman–Crippen LogP) is 1.19. The summed E-state index contributed by atoms with van der Waals surface area (Å²) in [5.74, 6) is -1.01. The summed E-state index contributed by atoms with van der Waals surface area (Å²) in [6, 6.07) is -1.25. The first kappa shape index (κ1) is 13.7. The molecule has 15 heavy (non-hydrogen) atoms. The molecule has 0 aliphatic rings. The van der Waals surface area contributed by atoms with Gasteiger partial charge in [-0.15, -0.1) is 0 Å². The summed E-state index contributed by atoms with van der Waals surface area (Å²) in [6.45, 7) is 8.18. The maximum atomic E-state index is 11.3. The van der Waals surface area contributed by atoms with Crippen molar-refractivity contribution in [2.75, 3.05) is 6.54 Å². The van der Waals surface area contributed by atoms with Crippen LogP contribution in [0.3, 0.4) is 0 Å². The third-order valence-corrected chi connectivity index (χ3v) is 1.79. The van der Waals surface area contributed by atoms with Gasteiger partial charge in [-0.25, -0.2) is 9.59 Å². The van der Waals surface area contributed by atoms with Gasteiger partial charge in [0.25, 0.3) is 0 Å². The zero-order valence-corrected chi connectivity index (χ0v) is 9.76. The van der Waals surface area contributed by atoms with Gasteiger partial charge in [-0.1, -0.05) is 27.7 Å². The first-order valence-electron chi connectivity index (χ1n) is 5.03. The normalized spacial score (nSPS) is 13.1. The SMILES string of the molecule is CC[C@H](NC(=O)NCC(C)(C)C)C(=O)O. The van der Waals surface area contributed by atoms with Gasteiger partial charge in [0.05, 0.1) is 0 Å². The number of urea groups is 1. The lowest BCUT2D eigenvalue weighted by Gasteiger charge is -2.20. The molecule has 0 aliphatic heterocycles. The zero-order valence-electron chi connectivity index (χ0n) is 9.76. The highest BCUT2D eigenvalue weighted by Crippen LogP contribution is 2.09. The van der Waals surface area contributed by atoms with Crippen LogP contribution in [-0.4, -0.2) is 29.7 Å². The molecule has 3 N–H and O–H groups in total. The average molecular weight is 216 g/mol. The van der Waals surface area contributed by atoms with E-state index in [1.165, 1.54) is 0 Å². The fourth-order valence-corrected chi connectivity index (χ4v) is 0.893. The van der Waals surface area contributed by atoms with Crippen LogP contribution >= 0.6 is 0 Å². The van der Waals surface area contributed by atoms with Crippen molar-refractivity contribution in [3.05, 3.63) is 0 Å². The van der Waals surface area contributed by atoms with E-state index in [0.717, 1.165) is 0 Å². The number of carboxylic acids is 1. The van der Waals surface area contributed by atoms with E-state index in [2.05, 4.69) is 10.6 Å². The van der Waals surface area contributed by atoms with E-state index in [4.69, 9.17) is 5.11 Å². The van der Waals surface area contributed by atoms with Crippen LogP contribution in [0.1, 0.15) is 34.1 Å². The van der Waals surface area contributed by atoms with Gasteiger partial charge in [-0.3, -0.25) is 0 Å². The number of carbonyl (C=O) groups excluding carboxylic acids is 1. The molecule has 0 aromatic carbocycles. The fraction of sp³-hybridized carbons (Fsp3) is 0.800. The van der Waals surface area contributed by atoms with Crippen molar-refractivity contribution in [3.8, 4) is 0 Å². The van der Waals surface area contributed by atoms with Gasteiger partial charge in [-0.05, 0) is 11.8 Å². The molecule has 0 heterocycles. The topological polar surface area (TPSA) is 78.4 Å². The van der Waals surface area contributed by atoms with Crippen molar-refractivity contribution in [2.45, 2.75) is 40.2 Å². The van der Waals surface area contributed by atoms with E-state index in [1.807, 2.05) is 20.8 Å². The van der Waals surface area contributed by atoms with E-state index >= 15 is 0 Å². The third kappa shape index (κ3) is 6.76. The lowest BCUT2D eigenvalue weighted by atomic mass is 9.97. The Morgan fingerprint density at radius 2 is 1.87 bits per heavy atom. The Bertz CT molecular complexity index is 233. The molecular formula is C10H20N2O3. The van der Waals surface area contributed by atoms with Crippen molar-refractivity contribution in [1.29, 1.82) is 0 Å². The molecular weight excluding hydrogens is 196 g/mol. The minimum absolute atomic E-state index is 0.0116. The number of hydrogen-bond acceptors (Lipinski definition) is 2. The lowest BCUT2D eigenvalue weighted by molar-refractivity contribution is -0.139. The molecule has 88 valence electrons. The molecule has 0 aromatic rings. The van der Waals surface area contributed by atoms with Crippen LogP contribution < -0.4 is 10.6 Å². The van der Waals surface area contributed by atoms with Crippen LogP contribution in [0.15, 0.2) is 0 Å². The number of carboxylic acid groups (broad SMARTS) is 1. The smallest absolute Gasteiger partial charge is 0.326 e. The molecule has 0 saturated carbocycles. The van der Waals surface area contributed by atoms with Crippen molar-refractivity contribution >= 4 is 12.0 Å². The summed E-state index contributed by atoms with van der Waals surface area (Å²) in [5, 5.41) is 13.7. The minimum atomic E-state index is -1.01. The number of nitrogens with one attached hydrogen (secondary N) is 2. The monoisotopic (exact) mass is 216 g/mol. The number of aliphatic carboxylic acids is 1. The van der Waals surface area contributed by atoms with Gasteiger partial charge in [-0.2, -0.15) is 0 Å². The summed E-state index contributed by atoms with van der Waals surface area (Å²) < 4.78 is 0. The summed E-state index contributed by atoms with van der Waals surface area (Å²) in [5.41, 5.74) is -0.0116. The van der Waals surface area contributed by atoms with Crippen molar-refractivity contribution < 1.29 is 14.7 Å². The van der Waals surface area contributed by atoms with E-state index in [1.54, 1.807) is 6.92 Å². The van der Waals surface area contributed by atoms with E-state index < -0.39 is 18.0 Å². The molecule has 0 bridgehead atoms. The van der Waals surface area contributed by atoms with Crippen LogP contribution in [0.5, 0.6) is 0 Å². The van der Waals surface area contributed by atoms with Gasteiger partial charge in [0.1, 0.15) is 6.04 Å². The molecule has 0 aliphatic carbocycles. The molecule has 0 unspecified atom stereocenters. The molecule has 0 fully saturated rings. The van der Waals surface area contributed by atoms with Crippen molar-refractivity contribution in [2.24, 2.45) is 5.41 Å². The molecule has 2 amide bonds. The van der Waals surface area contributed by atoms with Crippen LogP contribution in [0.25, 0.3) is 0 Å². The zero-order chi connectivity index (χ0) is 12.1. The molecule has 0 saturated heterocycles. The Hall–Kier alpha value is -1.26. The van der Waals surface area contributed by atoms with Gasteiger partial charge in [0.2, 0.25) is 0 Å². The Kier molecular flexibility index (Phi) is 5.11. The van der Waals surface area contributed by atoms with Crippen molar-refractivity contribution in [3.63, 3.8) is 0 Å². The quantitative estimate of drug-likeness (QED) is 0.660. The van der Waals surface area contributed by atoms with Gasteiger partial charge < -0.3 is 15.7 Å². The minimum Gasteiger partial charge on any atom is -0.480 e. The van der Waals surface area contributed by atoms with Gasteiger partial charge in [0.15, 0.2) is 0 Å². The maximum Gasteiger partial charge on any atom is 0.326 e. The van der Waals surface area contributed by atoms with Crippen molar-refractivity contribution in [1.82, 2.24) is 10.6 Å². The number of amides is 2. The number of carbonyl (C=O) groups is 2. The second kappa shape index (κ2) is 5.58. The van der Waals surface area contributed by atoms with Crippen LogP contribution in [-0.2, 0) is 4.79 Å². The summed E-state index contributed by atoms with van der Waals surface area (Å²) >= 11 is 0. The fourth-order valence-electron chi connectivity index (χ4n) is 0.893. The second-order valence-corrected chi connectivity index (χ2v) is 4.69. The largest absolute Gasteiger partial charge is 0.480 e. The second-order valence-electron chi connectivity index (χ2n) is 4.69. The Morgan fingerprint density at radius 1 is 1.33 bits per heavy atom. The lowest BCUT2D eigenvalue weighted by Crippen LogP contribution is -2.47. The molecule has 1 atom stereocenters. The Balaban J connectivity index is 3.98. The first-order valence-corrected chi connectivity index (χ1v) is 5.03. The van der Waals surface area contributed by atoms with E-state index in [0.29, 0.717) is 13.0 Å². The average Bonchev–Trinajstić information content (AvgIpc) is 2.09. The molecule has 0 spiro atoms.